The highest BCUT2D eigenvalue weighted by Crippen LogP contribution is 2.35. The Morgan fingerprint density at radius 2 is 1.28 bits per heavy atom. The van der Waals surface area contributed by atoms with Gasteiger partial charge in [-0.3, -0.25) is 0 Å². The van der Waals surface area contributed by atoms with Crippen molar-refractivity contribution in [2.45, 2.75) is 18.6 Å². The maximum absolute atomic E-state index is 4.93. The van der Waals surface area contributed by atoms with Crippen LogP contribution in [-0.4, -0.2) is 5.96 Å². The van der Waals surface area contributed by atoms with Crippen LogP contribution >= 0.6 is 0 Å². The number of nitrogens with zero attached hydrogens (tertiary/aromatic N) is 1. The van der Waals surface area contributed by atoms with Crippen molar-refractivity contribution < 1.29 is 0 Å². The van der Waals surface area contributed by atoms with Gasteiger partial charge in [-0.25, -0.2) is 4.99 Å². The van der Waals surface area contributed by atoms with E-state index < -0.39 is 0 Å². The molecule has 2 N–H and O–H groups in total. The summed E-state index contributed by atoms with van der Waals surface area (Å²) in [6.07, 6.45) is 0. The van der Waals surface area contributed by atoms with E-state index in [1.165, 1.54) is 16.7 Å². The molecule has 0 aromatic heterocycles. The summed E-state index contributed by atoms with van der Waals surface area (Å²) in [6, 6.07) is 31.6. The number of nitrogens with one attached hydrogen (secondary N) is 2. The molecule has 1 aliphatic rings. The second-order valence-electron chi connectivity index (χ2n) is 6.21. The van der Waals surface area contributed by atoms with Gasteiger partial charge in [0.25, 0.3) is 0 Å². The molecule has 4 rings (SSSR count). The molecule has 0 saturated carbocycles. The van der Waals surface area contributed by atoms with Gasteiger partial charge < -0.3 is 10.6 Å². The number of benzene rings is 3. The minimum absolute atomic E-state index is 0.0712. The molecule has 1 aliphatic heterocycles. The first-order valence-electron chi connectivity index (χ1n) is 8.62. The molecule has 3 aromatic rings. The van der Waals surface area contributed by atoms with E-state index >= 15 is 0 Å². The highest BCUT2D eigenvalue weighted by atomic mass is 15.3. The van der Waals surface area contributed by atoms with Crippen LogP contribution in [-0.2, 0) is 6.54 Å². The lowest BCUT2D eigenvalue weighted by molar-refractivity contribution is 0.570. The zero-order valence-electron chi connectivity index (χ0n) is 14.0. The predicted molar refractivity (Wildman–Crippen MR) is 102 cm³/mol. The lowest BCUT2D eigenvalue weighted by Crippen LogP contribution is -2.35. The van der Waals surface area contributed by atoms with Crippen LogP contribution in [0.4, 0.5) is 0 Å². The number of guanidine groups is 1. The third kappa shape index (κ3) is 3.56. The monoisotopic (exact) mass is 327 g/mol. The topological polar surface area (TPSA) is 36.4 Å². The van der Waals surface area contributed by atoms with Crippen LogP contribution in [0.1, 0.15) is 28.8 Å². The van der Waals surface area contributed by atoms with Gasteiger partial charge in [-0.2, -0.15) is 0 Å². The largest absolute Gasteiger partial charge is 0.352 e. The van der Waals surface area contributed by atoms with Crippen molar-refractivity contribution in [3.05, 3.63) is 108 Å². The van der Waals surface area contributed by atoms with Gasteiger partial charge in [0.15, 0.2) is 5.96 Å². The third-order valence-corrected chi connectivity index (χ3v) is 4.48. The van der Waals surface area contributed by atoms with E-state index in [4.69, 9.17) is 4.99 Å². The lowest BCUT2D eigenvalue weighted by atomic mass is 9.95. The van der Waals surface area contributed by atoms with E-state index in [2.05, 4.69) is 83.4 Å². The molecule has 25 heavy (non-hydrogen) atoms. The van der Waals surface area contributed by atoms with Crippen LogP contribution in [0.3, 0.4) is 0 Å². The normalized spacial score (nSPS) is 19.1. The van der Waals surface area contributed by atoms with Crippen LogP contribution in [0.25, 0.3) is 0 Å². The number of hydrogen-bond donors (Lipinski definition) is 2. The summed E-state index contributed by atoms with van der Waals surface area (Å²) in [4.78, 5) is 4.93. The van der Waals surface area contributed by atoms with Crippen molar-refractivity contribution in [2.75, 3.05) is 0 Å². The summed E-state index contributed by atoms with van der Waals surface area (Å²) >= 11 is 0. The first kappa shape index (κ1) is 15.5. The van der Waals surface area contributed by atoms with Gasteiger partial charge in [0, 0.05) is 6.54 Å². The molecule has 2 atom stereocenters. The smallest absolute Gasteiger partial charge is 0.192 e. The summed E-state index contributed by atoms with van der Waals surface area (Å²) in [5.41, 5.74) is 3.71. The Balaban J connectivity index is 1.57. The van der Waals surface area contributed by atoms with E-state index in [1.807, 2.05) is 18.2 Å². The number of aliphatic imine (C=N–C) groups is 1. The van der Waals surface area contributed by atoms with Crippen molar-refractivity contribution in [3.63, 3.8) is 0 Å². The molecule has 0 aliphatic carbocycles. The van der Waals surface area contributed by atoms with Gasteiger partial charge in [0.05, 0.1) is 6.04 Å². The molecular weight excluding hydrogens is 306 g/mol. The molecule has 0 saturated heterocycles. The van der Waals surface area contributed by atoms with Gasteiger partial charge in [0.2, 0.25) is 0 Å². The van der Waals surface area contributed by atoms with Crippen LogP contribution in [0.5, 0.6) is 0 Å². The standard InChI is InChI=1S/C22H21N3/c1-4-10-17(11-5-1)16-23-22-24-20(18-12-6-2-7-13-18)21(25-22)19-14-8-3-9-15-19/h1-15,20-21H,16H2,(H2,23,24,25). The third-order valence-electron chi connectivity index (χ3n) is 4.48. The van der Waals surface area contributed by atoms with Crippen molar-refractivity contribution >= 4 is 5.96 Å². The lowest BCUT2D eigenvalue weighted by Gasteiger charge is -2.19. The molecule has 0 bridgehead atoms. The number of rotatable bonds is 4. The Bertz CT molecular complexity index is 829. The zero-order valence-corrected chi connectivity index (χ0v) is 14.0. The fourth-order valence-electron chi connectivity index (χ4n) is 3.20. The SMILES string of the molecule is c1ccc(CNC2=NC(c3ccccc3)C(c3ccccc3)N2)cc1. The summed E-state index contributed by atoms with van der Waals surface area (Å²) < 4.78 is 0. The molecule has 0 radical (unpaired) electrons. The molecule has 0 amide bonds. The molecule has 2 unspecified atom stereocenters. The molecule has 3 aromatic carbocycles. The van der Waals surface area contributed by atoms with E-state index in [0.717, 1.165) is 12.5 Å². The minimum atomic E-state index is 0.0712. The van der Waals surface area contributed by atoms with E-state index in [0.29, 0.717) is 0 Å². The van der Waals surface area contributed by atoms with E-state index in [-0.39, 0.29) is 12.1 Å². The summed E-state index contributed by atoms with van der Waals surface area (Å²) in [5, 5.41) is 7.00. The molecule has 3 nitrogen and oxygen atoms in total. The quantitative estimate of drug-likeness (QED) is 0.753. The summed E-state index contributed by atoms with van der Waals surface area (Å²) in [6.45, 7) is 0.760. The van der Waals surface area contributed by atoms with Crippen LogP contribution < -0.4 is 10.6 Å². The fraction of sp³-hybridized carbons (Fsp3) is 0.136. The van der Waals surface area contributed by atoms with E-state index in [1.54, 1.807) is 0 Å². The van der Waals surface area contributed by atoms with Gasteiger partial charge in [-0.05, 0) is 16.7 Å². The van der Waals surface area contributed by atoms with Crippen molar-refractivity contribution in [3.8, 4) is 0 Å². The molecular formula is C22H21N3. The highest BCUT2D eigenvalue weighted by molar-refractivity contribution is 5.82. The maximum atomic E-state index is 4.93. The van der Waals surface area contributed by atoms with Gasteiger partial charge in [0.1, 0.15) is 6.04 Å². The molecule has 3 heteroatoms. The van der Waals surface area contributed by atoms with Crippen molar-refractivity contribution in [2.24, 2.45) is 4.99 Å². The Kier molecular flexibility index (Phi) is 4.46. The van der Waals surface area contributed by atoms with Crippen molar-refractivity contribution in [1.82, 2.24) is 10.6 Å². The Morgan fingerprint density at radius 1 is 0.720 bits per heavy atom. The van der Waals surface area contributed by atoms with Gasteiger partial charge >= 0.3 is 0 Å². The highest BCUT2D eigenvalue weighted by Gasteiger charge is 2.30. The first-order valence-corrected chi connectivity index (χ1v) is 8.62. The van der Waals surface area contributed by atoms with Crippen LogP contribution in [0.2, 0.25) is 0 Å². The van der Waals surface area contributed by atoms with Crippen molar-refractivity contribution in [1.29, 1.82) is 0 Å². The average molecular weight is 327 g/mol. The van der Waals surface area contributed by atoms with E-state index in [9.17, 15) is 0 Å². The summed E-state index contributed by atoms with van der Waals surface area (Å²) in [5.74, 6) is 0.853. The summed E-state index contributed by atoms with van der Waals surface area (Å²) in [7, 11) is 0. The van der Waals surface area contributed by atoms with Crippen LogP contribution in [0.15, 0.2) is 96.0 Å². The molecule has 1 heterocycles. The second kappa shape index (κ2) is 7.22. The van der Waals surface area contributed by atoms with Gasteiger partial charge in [-0.15, -0.1) is 0 Å². The molecule has 124 valence electrons. The Morgan fingerprint density at radius 3 is 1.92 bits per heavy atom. The van der Waals surface area contributed by atoms with Gasteiger partial charge in [-0.1, -0.05) is 91.0 Å². The van der Waals surface area contributed by atoms with Crippen LogP contribution in [0, 0.1) is 0 Å². The average Bonchev–Trinajstić information content (AvgIpc) is 3.13. The second-order valence-corrected chi connectivity index (χ2v) is 6.21. The molecule has 0 spiro atoms. The Labute approximate surface area is 148 Å². The fourth-order valence-corrected chi connectivity index (χ4v) is 3.20. The Hall–Kier alpha value is -3.07. The predicted octanol–water partition coefficient (Wildman–Crippen LogP) is 4.22. The maximum Gasteiger partial charge on any atom is 0.192 e. The minimum Gasteiger partial charge on any atom is -0.352 e. The molecule has 0 fully saturated rings. The number of hydrogen-bond acceptors (Lipinski definition) is 3. The zero-order chi connectivity index (χ0) is 16.9. The first-order chi connectivity index (χ1) is 12.4.